The summed E-state index contributed by atoms with van der Waals surface area (Å²) in [6, 6.07) is 4.13. The average Bonchev–Trinajstić information content (AvgIpc) is 2.67. The summed E-state index contributed by atoms with van der Waals surface area (Å²) >= 11 is 0. The van der Waals surface area contributed by atoms with Crippen molar-refractivity contribution in [1.29, 1.82) is 0 Å². The number of aliphatic hydroxyl groups is 3. The first-order valence-electron chi connectivity index (χ1n) is 9.22. The van der Waals surface area contributed by atoms with Crippen molar-refractivity contribution in [2.45, 2.75) is 64.1 Å². The second kappa shape index (κ2) is 9.97. The van der Waals surface area contributed by atoms with Crippen molar-refractivity contribution in [3.63, 3.8) is 0 Å². The molecule has 1 aliphatic heterocycles. The van der Waals surface area contributed by atoms with Crippen LogP contribution < -0.4 is 10.1 Å². The third kappa shape index (κ3) is 5.86. The molecule has 5 atom stereocenters. The van der Waals surface area contributed by atoms with Gasteiger partial charge in [0.1, 0.15) is 30.7 Å². The normalized spacial score (nSPS) is 26.9. The number of anilines is 1. The lowest BCUT2D eigenvalue weighted by Crippen LogP contribution is -2.61. The number of aliphatic hydroxyl groups excluding tert-OH is 3. The number of carboxylic acids is 1. The molecule has 5 N–H and O–H groups in total. The molecule has 1 aromatic rings. The van der Waals surface area contributed by atoms with E-state index in [-0.39, 0.29) is 17.2 Å². The van der Waals surface area contributed by atoms with E-state index in [1.54, 1.807) is 0 Å². The van der Waals surface area contributed by atoms with Gasteiger partial charge in [0.05, 0.1) is 0 Å². The molecule has 0 bridgehead atoms. The van der Waals surface area contributed by atoms with Crippen molar-refractivity contribution in [3.05, 3.63) is 23.8 Å². The molecule has 0 saturated carbocycles. The highest BCUT2D eigenvalue weighted by Crippen LogP contribution is 2.29. The molecule has 1 fully saturated rings. The van der Waals surface area contributed by atoms with Crippen LogP contribution in [0.5, 0.6) is 5.75 Å². The first-order chi connectivity index (χ1) is 13.6. The second-order valence-corrected chi connectivity index (χ2v) is 7.29. The minimum absolute atomic E-state index is 0.0231. The number of rotatable bonds is 8. The average molecular weight is 415 g/mol. The van der Waals surface area contributed by atoms with Gasteiger partial charge >= 0.3 is 5.97 Å². The molecule has 2 rings (SSSR count). The highest BCUT2D eigenvalue weighted by molar-refractivity contribution is 5.90. The van der Waals surface area contributed by atoms with Gasteiger partial charge in [0.2, 0.25) is 12.2 Å². The lowest BCUT2D eigenvalue weighted by molar-refractivity contribution is -0.271. The van der Waals surface area contributed by atoms with E-state index in [0.29, 0.717) is 24.4 Å². The molecule has 0 spiro atoms. The van der Waals surface area contributed by atoms with Crippen LogP contribution in [0, 0.1) is 5.92 Å². The number of aliphatic carboxylic acids is 1. The van der Waals surface area contributed by atoms with Gasteiger partial charge in [-0.25, -0.2) is 9.18 Å². The molecule has 1 aliphatic rings. The molecule has 29 heavy (non-hydrogen) atoms. The summed E-state index contributed by atoms with van der Waals surface area (Å²) in [5.41, 5.74) is 0.373. The largest absolute Gasteiger partial charge is 0.479 e. The zero-order valence-corrected chi connectivity index (χ0v) is 16.1. The summed E-state index contributed by atoms with van der Waals surface area (Å²) < 4.78 is 23.9. The molecular weight excluding hydrogens is 389 g/mol. The van der Waals surface area contributed by atoms with Crippen LogP contribution in [-0.4, -0.2) is 63.0 Å². The maximum absolute atomic E-state index is 13.5. The fraction of sp³-hybridized carbons (Fsp3) is 0.579. The Hall–Kier alpha value is -2.27. The highest BCUT2D eigenvalue weighted by Gasteiger charge is 2.48. The van der Waals surface area contributed by atoms with Crippen LogP contribution in [0.3, 0.4) is 0 Å². The van der Waals surface area contributed by atoms with E-state index < -0.39 is 43.3 Å². The number of halogens is 1. The van der Waals surface area contributed by atoms with Gasteiger partial charge in [0.15, 0.2) is 6.10 Å². The second-order valence-electron chi connectivity index (χ2n) is 7.29. The van der Waals surface area contributed by atoms with Crippen LogP contribution in [0.25, 0.3) is 0 Å². The molecule has 1 heterocycles. The number of ether oxygens (including phenoxy) is 2. The molecule has 0 aromatic heterocycles. The lowest BCUT2D eigenvalue weighted by Gasteiger charge is -2.38. The molecule has 1 saturated heterocycles. The van der Waals surface area contributed by atoms with Crippen molar-refractivity contribution in [2.24, 2.45) is 5.92 Å². The van der Waals surface area contributed by atoms with Crippen molar-refractivity contribution in [1.82, 2.24) is 0 Å². The van der Waals surface area contributed by atoms with Crippen molar-refractivity contribution in [3.8, 4) is 5.75 Å². The maximum atomic E-state index is 13.5. The lowest BCUT2D eigenvalue weighted by atomic mass is 9.99. The predicted octanol–water partition coefficient (Wildman–Crippen LogP) is 0.802. The first kappa shape index (κ1) is 23.0. The number of carbonyl (C=O) groups is 2. The number of carboxylic acid groups (broad SMARTS) is 1. The number of alkyl halides is 1. The smallest absolute Gasteiger partial charge is 0.335 e. The molecular formula is C19H26FNO8. The van der Waals surface area contributed by atoms with Crippen LogP contribution in [0.1, 0.15) is 32.3 Å². The fourth-order valence-electron chi connectivity index (χ4n) is 2.79. The molecule has 1 amide bonds. The fourth-order valence-corrected chi connectivity index (χ4v) is 2.79. The van der Waals surface area contributed by atoms with Gasteiger partial charge in [-0.3, -0.25) is 4.79 Å². The van der Waals surface area contributed by atoms with E-state index in [4.69, 9.17) is 14.6 Å². The number of benzene rings is 1. The Bertz CT molecular complexity index is 728. The highest BCUT2D eigenvalue weighted by atomic mass is 19.1. The number of hydrogen-bond donors (Lipinski definition) is 5. The molecule has 0 radical (unpaired) electrons. The molecule has 5 unspecified atom stereocenters. The zero-order chi connectivity index (χ0) is 21.7. The van der Waals surface area contributed by atoms with E-state index in [1.807, 2.05) is 13.8 Å². The standard InChI is InChI=1S/C19H26FNO8/c1-9(2)3-6-13(22)21-11-4-5-12(10(7-11)8-20)28-19-16(25)14(23)15(24)17(29-19)18(26)27/h4-5,7,9,14-17,19,23-25H,3,6,8H2,1-2H3,(H,21,22)(H,26,27). The SMILES string of the molecule is CC(C)CCC(=O)Nc1ccc(OC2OC(C(=O)O)C(O)C(O)C2O)c(CF)c1. The summed E-state index contributed by atoms with van der Waals surface area (Å²) in [5, 5.41) is 41.2. The molecule has 9 nitrogen and oxygen atoms in total. The predicted molar refractivity (Wildman–Crippen MR) is 98.9 cm³/mol. The number of amides is 1. The number of carbonyl (C=O) groups excluding carboxylic acids is 1. The van der Waals surface area contributed by atoms with Crippen LogP contribution in [0.2, 0.25) is 0 Å². The minimum Gasteiger partial charge on any atom is -0.479 e. The van der Waals surface area contributed by atoms with Crippen LogP contribution in [-0.2, 0) is 21.0 Å². The van der Waals surface area contributed by atoms with Gasteiger partial charge in [-0.15, -0.1) is 0 Å². The van der Waals surface area contributed by atoms with E-state index >= 15 is 0 Å². The molecule has 162 valence electrons. The van der Waals surface area contributed by atoms with Gasteiger partial charge < -0.3 is 35.2 Å². The minimum atomic E-state index is -1.86. The van der Waals surface area contributed by atoms with E-state index in [9.17, 15) is 29.3 Å². The quantitative estimate of drug-likeness (QED) is 0.419. The zero-order valence-electron chi connectivity index (χ0n) is 16.1. The van der Waals surface area contributed by atoms with Crippen molar-refractivity contribution >= 4 is 17.6 Å². The summed E-state index contributed by atoms with van der Waals surface area (Å²) in [6.45, 7) is 3.02. The summed E-state index contributed by atoms with van der Waals surface area (Å²) in [4.78, 5) is 23.1. The third-order valence-electron chi connectivity index (χ3n) is 4.49. The Morgan fingerprint density at radius 2 is 1.90 bits per heavy atom. The van der Waals surface area contributed by atoms with Gasteiger partial charge in [-0.2, -0.15) is 0 Å². The Kier molecular flexibility index (Phi) is 7.91. The third-order valence-corrected chi connectivity index (χ3v) is 4.49. The van der Waals surface area contributed by atoms with Crippen molar-refractivity contribution < 1.29 is 43.9 Å². The summed E-state index contributed by atoms with van der Waals surface area (Å²) in [5.74, 6) is -1.47. The molecule has 1 aromatic carbocycles. The van der Waals surface area contributed by atoms with Gasteiger partial charge in [0.25, 0.3) is 0 Å². The molecule has 0 aliphatic carbocycles. The van der Waals surface area contributed by atoms with E-state index in [2.05, 4.69) is 5.32 Å². The number of nitrogens with one attached hydrogen (secondary N) is 1. The van der Waals surface area contributed by atoms with E-state index in [1.165, 1.54) is 18.2 Å². The van der Waals surface area contributed by atoms with Crippen LogP contribution >= 0.6 is 0 Å². The first-order valence-corrected chi connectivity index (χ1v) is 9.22. The maximum Gasteiger partial charge on any atom is 0.335 e. The summed E-state index contributed by atoms with van der Waals surface area (Å²) in [7, 11) is 0. The van der Waals surface area contributed by atoms with Gasteiger partial charge in [-0.1, -0.05) is 13.8 Å². The summed E-state index contributed by atoms with van der Waals surface area (Å²) in [6.07, 6.45) is -7.89. The monoisotopic (exact) mass is 415 g/mol. The van der Waals surface area contributed by atoms with Gasteiger partial charge in [0, 0.05) is 17.7 Å². The van der Waals surface area contributed by atoms with Crippen LogP contribution in [0.4, 0.5) is 10.1 Å². The van der Waals surface area contributed by atoms with Gasteiger partial charge in [-0.05, 0) is 30.5 Å². The Labute approximate surface area is 167 Å². The van der Waals surface area contributed by atoms with E-state index in [0.717, 1.165) is 0 Å². The Morgan fingerprint density at radius 1 is 1.21 bits per heavy atom. The Balaban J connectivity index is 2.12. The Morgan fingerprint density at radius 3 is 2.48 bits per heavy atom. The molecule has 10 heteroatoms. The topological polar surface area (TPSA) is 146 Å². The number of hydrogen-bond acceptors (Lipinski definition) is 7. The van der Waals surface area contributed by atoms with Crippen molar-refractivity contribution in [2.75, 3.05) is 5.32 Å². The van der Waals surface area contributed by atoms with Crippen LogP contribution in [0.15, 0.2) is 18.2 Å².